The lowest BCUT2D eigenvalue weighted by Gasteiger charge is -2.22. The number of benzene rings is 3. The van der Waals surface area contributed by atoms with E-state index in [0.29, 0.717) is 17.9 Å². The molecule has 188 valence electrons. The molecule has 0 spiro atoms. The van der Waals surface area contributed by atoms with Gasteiger partial charge in [0.15, 0.2) is 0 Å². The molecule has 3 aromatic carbocycles. The Morgan fingerprint density at radius 2 is 1.47 bits per heavy atom. The Hall–Kier alpha value is -4.20. The van der Waals surface area contributed by atoms with Gasteiger partial charge in [0, 0.05) is 19.8 Å². The van der Waals surface area contributed by atoms with Crippen molar-refractivity contribution in [3.63, 3.8) is 0 Å². The number of hydrogen-bond acceptors (Lipinski definition) is 5. The fourth-order valence-corrected chi connectivity index (χ4v) is 3.66. The van der Waals surface area contributed by atoms with Gasteiger partial charge in [0.2, 0.25) is 11.8 Å². The quantitative estimate of drug-likeness (QED) is 0.401. The lowest BCUT2D eigenvalue weighted by atomic mass is 10.0. The van der Waals surface area contributed by atoms with Gasteiger partial charge in [-0.2, -0.15) is 0 Å². The second-order valence-electron chi connectivity index (χ2n) is 8.29. The van der Waals surface area contributed by atoms with Gasteiger partial charge in [0.25, 0.3) is 0 Å². The minimum atomic E-state index is -0.989. The van der Waals surface area contributed by atoms with Crippen LogP contribution >= 0.6 is 0 Å². The largest absolute Gasteiger partial charge is 0.489 e. The molecule has 2 amide bonds. The third-order valence-corrected chi connectivity index (χ3v) is 5.44. The maximum atomic E-state index is 13.3. The molecule has 3 rings (SSSR count). The molecular formula is C28H29FN2O5. The highest BCUT2D eigenvalue weighted by Gasteiger charge is 2.27. The van der Waals surface area contributed by atoms with Crippen LogP contribution in [-0.2, 0) is 38.6 Å². The molecule has 0 aromatic heterocycles. The van der Waals surface area contributed by atoms with Crippen molar-refractivity contribution in [2.45, 2.75) is 38.5 Å². The Kier molecular flexibility index (Phi) is 9.56. The fourth-order valence-electron chi connectivity index (χ4n) is 3.66. The molecule has 0 saturated carbocycles. The van der Waals surface area contributed by atoms with Gasteiger partial charge in [-0.05, 0) is 41.0 Å². The number of nitrogens with one attached hydrogen (secondary N) is 2. The maximum Gasteiger partial charge on any atom is 0.328 e. The molecule has 2 atom stereocenters. The minimum Gasteiger partial charge on any atom is -0.489 e. The van der Waals surface area contributed by atoms with E-state index < -0.39 is 35.7 Å². The van der Waals surface area contributed by atoms with Crippen LogP contribution in [0.15, 0.2) is 78.9 Å². The zero-order chi connectivity index (χ0) is 25.9. The van der Waals surface area contributed by atoms with E-state index in [0.717, 1.165) is 11.1 Å². The third kappa shape index (κ3) is 8.23. The topological polar surface area (TPSA) is 93.7 Å². The Labute approximate surface area is 209 Å². The summed E-state index contributed by atoms with van der Waals surface area (Å²) in [4.78, 5) is 37.3. The molecule has 3 aromatic rings. The molecule has 36 heavy (non-hydrogen) atoms. The van der Waals surface area contributed by atoms with Gasteiger partial charge in [-0.25, -0.2) is 9.18 Å². The van der Waals surface area contributed by atoms with Crippen LogP contribution in [0.3, 0.4) is 0 Å². The van der Waals surface area contributed by atoms with E-state index in [2.05, 4.69) is 10.6 Å². The average molecular weight is 493 g/mol. The minimum absolute atomic E-state index is 0.127. The molecule has 0 aliphatic heterocycles. The van der Waals surface area contributed by atoms with Gasteiger partial charge in [-0.15, -0.1) is 0 Å². The lowest BCUT2D eigenvalue weighted by Crippen LogP contribution is -2.53. The lowest BCUT2D eigenvalue weighted by molar-refractivity contribution is -0.145. The van der Waals surface area contributed by atoms with Crippen LogP contribution in [0, 0.1) is 5.82 Å². The smallest absolute Gasteiger partial charge is 0.328 e. The second kappa shape index (κ2) is 13.0. The third-order valence-electron chi connectivity index (χ3n) is 5.44. The summed E-state index contributed by atoms with van der Waals surface area (Å²) >= 11 is 0. The molecule has 0 aliphatic rings. The summed E-state index contributed by atoms with van der Waals surface area (Å²) in [7, 11) is 1.24. The van der Waals surface area contributed by atoms with Crippen LogP contribution in [0.2, 0.25) is 0 Å². The summed E-state index contributed by atoms with van der Waals surface area (Å²) in [6, 6.07) is 20.7. The van der Waals surface area contributed by atoms with Crippen molar-refractivity contribution in [2.75, 3.05) is 7.11 Å². The first-order valence-corrected chi connectivity index (χ1v) is 11.5. The zero-order valence-corrected chi connectivity index (χ0v) is 20.2. The van der Waals surface area contributed by atoms with Crippen LogP contribution in [0.5, 0.6) is 5.75 Å². The molecule has 0 aliphatic carbocycles. The van der Waals surface area contributed by atoms with Crippen molar-refractivity contribution >= 4 is 17.8 Å². The average Bonchev–Trinajstić information content (AvgIpc) is 2.88. The highest BCUT2D eigenvalue weighted by atomic mass is 19.1. The number of carbonyl (C=O) groups is 3. The van der Waals surface area contributed by atoms with E-state index in [9.17, 15) is 18.8 Å². The van der Waals surface area contributed by atoms with Gasteiger partial charge >= 0.3 is 5.97 Å². The molecule has 0 heterocycles. The molecule has 8 heteroatoms. The maximum absolute atomic E-state index is 13.3. The predicted octanol–water partition coefficient (Wildman–Crippen LogP) is 3.35. The number of ether oxygens (including phenoxy) is 2. The first-order chi connectivity index (χ1) is 17.3. The van der Waals surface area contributed by atoms with Gasteiger partial charge in [-0.3, -0.25) is 9.59 Å². The standard InChI is InChI=1S/C28H29FN2O5/c1-19(32)30-25(16-20-11-13-23(29)14-12-20)27(33)31-26(28(34)35-2)17-22-9-6-10-24(15-22)36-18-21-7-4-3-5-8-21/h3-15,25-26H,16-18H2,1-2H3,(H,30,32)(H,31,33)/t25-,26-/m1/s1. The first-order valence-electron chi connectivity index (χ1n) is 11.5. The van der Waals surface area contributed by atoms with Crippen LogP contribution in [0.25, 0.3) is 0 Å². The number of rotatable bonds is 11. The number of hydrogen-bond donors (Lipinski definition) is 2. The van der Waals surface area contributed by atoms with Gasteiger partial charge in [-0.1, -0.05) is 54.6 Å². The molecular weight excluding hydrogens is 463 g/mol. The Balaban J connectivity index is 1.70. The van der Waals surface area contributed by atoms with Crippen LogP contribution in [0.1, 0.15) is 23.6 Å². The number of methoxy groups -OCH3 is 1. The van der Waals surface area contributed by atoms with Crippen LogP contribution < -0.4 is 15.4 Å². The Bertz CT molecular complexity index is 1170. The van der Waals surface area contributed by atoms with Crippen molar-refractivity contribution in [1.82, 2.24) is 10.6 Å². The van der Waals surface area contributed by atoms with Crippen molar-refractivity contribution in [3.05, 3.63) is 101 Å². The highest BCUT2D eigenvalue weighted by molar-refractivity contribution is 5.90. The summed E-state index contributed by atoms with van der Waals surface area (Å²) in [6.07, 6.45) is 0.284. The number of amides is 2. The Morgan fingerprint density at radius 3 is 2.14 bits per heavy atom. The summed E-state index contributed by atoms with van der Waals surface area (Å²) < 4.78 is 24.0. The Morgan fingerprint density at radius 1 is 0.806 bits per heavy atom. The zero-order valence-electron chi connectivity index (χ0n) is 20.2. The fraction of sp³-hybridized carbons (Fsp3) is 0.250. The summed E-state index contributed by atoms with van der Waals surface area (Å²) in [6.45, 7) is 1.69. The van der Waals surface area contributed by atoms with Gasteiger partial charge in [0.05, 0.1) is 7.11 Å². The number of esters is 1. The van der Waals surface area contributed by atoms with E-state index in [1.54, 1.807) is 12.1 Å². The highest BCUT2D eigenvalue weighted by Crippen LogP contribution is 2.17. The summed E-state index contributed by atoms with van der Waals surface area (Å²) in [5.41, 5.74) is 2.43. The SMILES string of the molecule is COC(=O)[C@@H](Cc1cccc(OCc2ccccc2)c1)NC(=O)[C@@H](Cc1ccc(F)cc1)NC(C)=O. The van der Waals surface area contributed by atoms with Crippen LogP contribution in [-0.4, -0.2) is 37.0 Å². The van der Waals surface area contributed by atoms with Crippen LogP contribution in [0.4, 0.5) is 4.39 Å². The molecule has 0 saturated heterocycles. The molecule has 0 radical (unpaired) electrons. The molecule has 0 bridgehead atoms. The summed E-state index contributed by atoms with van der Waals surface area (Å²) in [5, 5.41) is 5.28. The van der Waals surface area contributed by atoms with Crippen molar-refractivity contribution in [1.29, 1.82) is 0 Å². The van der Waals surface area contributed by atoms with E-state index >= 15 is 0 Å². The summed E-state index contributed by atoms with van der Waals surface area (Å²) in [5.74, 6) is -1.36. The van der Waals surface area contributed by atoms with E-state index in [4.69, 9.17) is 9.47 Å². The number of halogens is 1. The van der Waals surface area contributed by atoms with Gasteiger partial charge in [0.1, 0.15) is 30.3 Å². The van der Waals surface area contributed by atoms with Gasteiger partial charge < -0.3 is 20.1 Å². The predicted molar refractivity (Wildman–Crippen MR) is 133 cm³/mol. The molecule has 2 N–H and O–H groups in total. The molecule has 7 nitrogen and oxygen atoms in total. The normalized spacial score (nSPS) is 12.2. The first kappa shape index (κ1) is 26.4. The van der Waals surface area contributed by atoms with Crippen molar-refractivity contribution in [3.8, 4) is 5.75 Å². The molecule has 0 fully saturated rings. The molecule has 0 unspecified atom stereocenters. The van der Waals surface area contributed by atoms with Crippen molar-refractivity contribution < 1.29 is 28.2 Å². The second-order valence-corrected chi connectivity index (χ2v) is 8.29. The van der Waals surface area contributed by atoms with E-state index in [1.165, 1.54) is 38.3 Å². The number of carbonyl (C=O) groups excluding carboxylic acids is 3. The van der Waals surface area contributed by atoms with Crippen molar-refractivity contribution in [2.24, 2.45) is 0 Å². The van der Waals surface area contributed by atoms with E-state index in [1.807, 2.05) is 42.5 Å². The van der Waals surface area contributed by atoms with E-state index in [-0.39, 0.29) is 12.8 Å². The monoisotopic (exact) mass is 492 g/mol.